The number of hydrogen-bond donors (Lipinski definition) is 3. The summed E-state index contributed by atoms with van der Waals surface area (Å²) < 4.78 is 32.7. The zero-order valence-electron chi connectivity index (χ0n) is 15.8. The topological polar surface area (TPSA) is 113 Å². The Kier molecular flexibility index (Phi) is 7.56. The Hall–Kier alpha value is -2.42. The standard InChI is InChI=1S/C20H25NO6S/c1-3-14(2)16-8-4-6-10-18(16)27-13-15(22)12-21-28(25,26)19-11-7-5-9-17(19)20(23)24/h4-11,14-15,21-22H,3,12-13H2,1-2H3,(H,23,24). The minimum atomic E-state index is -4.09. The average Bonchev–Trinajstić information content (AvgIpc) is 2.70. The summed E-state index contributed by atoms with van der Waals surface area (Å²) in [6.45, 7) is 3.74. The van der Waals surface area contributed by atoms with Gasteiger partial charge in [0, 0.05) is 6.54 Å². The molecule has 152 valence electrons. The van der Waals surface area contributed by atoms with E-state index in [2.05, 4.69) is 18.6 Å². The third kappa shape index (κ3) is 5.54. The van der Waals surface area contributed by atoms with Gasteiger partial charge in [-0.2, -0.15) is 0 Å². The second kappa shape index (κ2) is 9.68. The predicted octanol–water partition coefficient (Wildman–Crippen LogP) is 2.62. The van der Waals surface area contributed by atoms with E-state index < -0.39 is 22.1 Å². The van der Waals surface area contributed by atoms with Gasteiger partial charge < -0.3 is 14.9 Å². The zero-order chi connectivity index (χ0) is 20.7. The number of para-hydroxylation sites is 1. The Morgan fingerprint density at radius 2 is 1.79 bits per heavy atom. The van der Waals surface area contributed by atoms with E-state index >= 15 is 0 Å². The van der Waals surface area contributed by atoms with Gasteiger partial charge in [-0.05, 0) is 36.1 Å². The van der Waals surface area contributed by atoms with E-state index in [0.717, 1.165) is 12.0 Å². The Morgan fingerprint density at radius 3 is 2.46 bits per heavy atom. The molecule has 2 unspecified atom stereocenters. The van der Waals surface area contributed by atoms with E-state index in [1.54, 1.807) is 0 Å². The lowest BCUT2D eigenvalue weighted by molar-refractivity contribution is 0.0692. The highest BCUT2D eigenvalue weighted by Crippen LogP contribution is 2.28. The molecule has 7 nitrogen and oxygen atoms in total. The highest BCUT2D eigenvalue weighted by atomic mass is 32.2. The number of aliphatic hydroxyl groups excluding tert-OH is 1. The first kappa shape index (κ1) is 21.9. The molecule has 0 aromatic heterocycles. The molecule has 0 aliphatic carbocycles. The molecule has 28 heavy (non-hydrogen) atoms. The molecule has 0 radical (unpaired) electrons. The fourth-order valence-electron chi connectivity index (χ4n) is 2.65. The van der Waals surface area contributed by atoms with Crippen LogP contribution >= 0.6 is 0 Å². The summed E-state index contributed by atoms with van der Waals surface area (Å²) in [6, 6.07) is 12.8. The molecule has 0 saturated heterocycles. The van der Waals surface area contributed by atoms with E-state index in [1.165, 1.54) is 24.3 Å². The molecule has 3 N–H and O–H groups in total. The highest BCUT2D eigenvalue weighted by Gasteiger charge is 2.22. The lowest BCUT2D eigenvalue weighted by atomic mass is 9.98. The predicted molar refractivity (Wildman–Crippen MR) is 105 cm³/mol. The number of rotatable bonds is 10. The molecule has 2 aromatic rings. The lowest BCUT2D eigenvalue weighted by Gasteiger charge is -2.18. The van der Waals surface area contributed by atoms with Crippen molar-refractivity contribution in [1.82, 2.24) is 4.72 Å². The zero-order valence-corrected chi connectivity index (χ0v) is 16.6. The first-order chi connectivity index (χ1) is 13.3. The fraction of sp³-hybridized carbons (Fsp3) is 0.350. The third-order valence-corrected chi connectivity index (χ3v) is 5.89. The van der Waals surface area contributed by atoms with Gasteiger partial charge >= 0.3 is 5.97 Å². The van der Waals surface area contributed by atoms with Crippen molar-refractivity contribution in [2.24, 2.45) is 0 Å². The van der Waals surface area contributed by atoms with Crippen LogP contribution in [0.5, 0.6) is 5.75 Å². The summed E-state index contributed by atoms with van der Waals surface area (Å²) in [5.41, 5.74) is 0.691. The van der Waals surface area contributed by atoms with Crippen LogP contribution in [-0.4, -0.2) is 43.9 Å². The number of carboxylic acid groups (broad SMARTS) is 1. The number of benzene rings is 2. The number of carbonyl (C=O) groups is 1. The summed E-state index contributed by atoms with van der Waals surface area (Å²) >= 11 is 0. The maximum atomic E-state index is 12.4. The second-order valence-corrected chi connectivity index (χ2v) is 8.20. The first-order valence-corrected chi connectivity index (χ1v) is 10.5. The van der Waals surface area contributed by atoms with Gasteiger partial charge in [0.15, 0.2) is 0 Å². The quantitative estimate of drug-likeness (QED) is 0.558. The highest BCUT2D eigenvalue weighted by molar-refractivity contribution is 7.89. The van der Waals surface area contributed by atoms with Gasteiger partial charge in [0.2, 0.25) is 10.0 Å². The first-order valence-electron chi connectivity index (χ1n) is 8.98. The molecule has 2 aromatic carbocycles. The van der Waals surface area contributed by atoms with Crippen LogP contribution in [0.1, 0.15) is 42.1 Å². The van der Waals surface area contributed by atoms with Crippen LogP contribution in [0.15, 0.2) is 53.4 Å². The monoisotopic (exact) mass is 407 g/mol. The summed E-state index contributed by atoms with van der Waals surface area (Å²) in [6.07, 6.45) is -0.164. The Morgan fingerprint density at radius 1 is 1.14 bits per heavy atom. The molecule has 8 heteroatoms. The van der Waals surface area contributed by atoms with Crippen LogP contribution < -0.4 is 9.46 Å². The largest absolute Gasteiger partial charge is 0.491 e. The smallest absolute Gasteiger partial charge is 0.337 e. The molecule has 0 aliphatic heterocycles. The van der Waals surface area contributed by atoms with Crippen molar-refractivity contribution < 1.29 is 28.2 Å². The van der Waals surface area contributed by atoms with Gasteiger partial charge in [-0.1, -0.05) is 44.2 Å². The van der Waals surface area contributed by atoms with Crippen molar-refractivity contribution in [3.63, 3.8) is 0 Å². The summed E-state index contributed by atoms with van der Waals surface area (Å²) in [5, 5.41) is 19.3. The summed E-state index contributed by atoms with van der Waals surface area (Å²) in [5.74, 6) is -0.402. The van der Waals surface area contributed by atoms with E-state index in [0.29, 0.717) is 11.7 Å². The third-order valence-electron chi connectivity index (χ3n) is 4.41. The van der Waals surface area contributed by atoms with Crippen molar-refractivity contribution in [3.05, 3.63) is 59.7 Å². The van der Waals surface area contributed by atoms with Gasteiger partial charge in [-0.15, -0.1) is 0 Å². The maximum absolute atomic E-state index is 12.4. The second-order valence-electron chi connectivity index (χ2n) is 6.47. The number of ether oxygens (including phenoxy) is 1. The van der Waals surface area contributed by atoms with Crippen molar-refractivity contribution in [2.75, 3.05) is 13.2 Å². The van der Waals surface area contributed by atoms with Crippen molar-refractivity contribution in [1.29, 1.82) is 0 Å². The number of aromatic carboxylic acids is 1. The molecule has 2 atom stereocenters. The van der Waals surface area contributed by atoms with Gasteiger partial charge in [-0.25, -0.2) is 17.9 Å². The van der Waals surface area contributed by atoms with Crippen molar-refractivity contribution in [3.8, 4) is 5.75 Å². The normalized spacial score (nSPS) is 13.7. The molecular weight excluding hydrogens is 382 g/mol. The Bertz CT molecular complexity index is 912. The number of hydrogen-bond acceptors (Lipinski definition) is 5. The van der Waals surface area contributed by atoms with Crippen LogP contribution in [0.2, 0.25) is 0 Å². The van der Waals surface area contributed by atoms with Crippen LogP contribution in [0.25, 0.3) is 0 Å². The molecule has 0 amide bonds. The minimum absolute atomic E-state index is 0.101. The lowest BCUT2D eigenvalue weighted by Crippen LogP contribution is -2.36. The molecule has 0 heterocycles. The summed E-state index contributed by atoms with van der Waals surface area (Å²) in [7, 11) is -4.09. The van der Waals surface area contributed by atoms with Crippen LogP contribution in [-0.2, 0) is 10.0 Å². The molecule has 0 aliphatic rings. The van der Waals surface area contributed by atoms with Crippen LogP contribution in [0.4, 0.5) is 0 Å². The molecular formula is C20H25NO6S. The SMILES string of the molecule is CCC(C)c1ccccc1OCC(O)CNS(=O)(=O)c1ccccc1C(=O)O. The van der Waals surface area contributed by atoms with E-state index in [4.69, 9.17) is 9.84 Å². The van der Waals surface area contributed by atoms with Gasteiger partial charge in [0.25, 0.3) is 0 Å². The fourth-order valence-corrected chi connectivity index (χ4v) is 3.92. The van der Waals surface area contributed by atoms with E-state index in [9.17, 15) is 18.3 Å². The minimum Gasteiger partial charge on any atom is -0.491 e. The van der Waals surface area contributed by atoms with Gasteiger partial charge in [-0.3, -0.25) is 0 Å². The Labute approximate surface area is 165 Å². The van der Waals surface area contributed by atoms with E-state index in [-0.39, 0.29) is 23.6 Å². The number of sulfonamides is 1. The van der Waals surface area contributed by atoms with Crippen molar-refractivity contribution in [2.45, 2.75) is 37.2 Å². The van der Waals surface area contributed by atoms with Crippen molar-refractivity contribution >= 4 is 16.0 Å². The molecule has 2 rings (SSSR count). The van der Waals surface area contributed by atoms with Crippen LogP contribution in [0.3, 0.4) is 0 Å². The maximum Gasteiger partial charge on any atom is 0.337 e. The number of nitrogens with one attached hydrogen (secondary N) is 1. The summed E-state index contributed by atoms with van der Waals surface area (Å²) in [4.78, 5) is 10.9. The average molecular weight is 407 g/mol. The Balaban J connectivity index is 2.00. The van der Waals surface area contributed by atoms with Crippen LogP contribution in [0, 0.1) is 0 Å². The molecule has 0 bridgehead atoms. The number of carboxylic acids is 1. The molecule has 0 fully saturated rings. The van der Waals surface area contributed by atoms with Gasteiger partial charge in [0.1, 0.15) is 18.5 Å². The number of aliphatic hydroxyl groups is 1. The van der Waals surface area contributed by atoms with E-state index in [1.807, 2.05) is 24.3 Å². The molecule has 0 saturated carbocycles. The molecule has 0 spiro atoms. The van der Waals surface area contributed by atoms with Gasteiger partial charge in [0.05, 0.1) is 10.5 Å².